The third kappa shape index (κ3) is 2.70. The quantitative estimate of drug-likeness (QED) is 0.572. The van der Waals surface area contributed by atoms with E-state index in [9.17, 15) is 14.0 Å². The van der Waals surface area contributed by atoms with Crippen LogP contribution < -0.4 is 5.56 Å². The number of fused-ring (bicyclic) bond motifs is 2. The lowest BCUT2D eigenvalue weighted by molar-refractivity contribution is 0.109. The maximum absolute atomic E-state index is 13.6. The van der Waals surface area contributed by atoms with Gasteiger partial charge >= 0.3 is 0 Å². The number of carbonyl (C=O) groups is 1. The number of halogens is 1. The summed E-state index contributed by atoms with van der Waals surface area (Å²) >= 11 is 3.74. The van der Waals surface area contributed by atoms with Crippen LogP contribution in [0.4, 0.5) is 4.39 Å². The standard InChI is InChI=1S/C17H10FN3O3S/c18-10-3-9-4-11(24-15(9)12(5-10)17(23)25)7-21-8-20-14-1-2-19-6-13(14)16(21)22/h1-6,8H,7H2,(H,23,25). The largest absolute Gasteiger partial charge is 0.458 e. The monoisotopic (exact) mass is 355 g/mol. The van der Waals surface area contributed by atoms with Crippen molar-refractivity contribution in [3.63, 3.8) is 0 Å². The third-order valence-corrected chi connectivity index (χ3v) is 4.06. The van der Waals surface area contributed by atoms with E-state index in [0.717, 1.165) is 6.07 Å². The highest BCUT2D eigenvalue weighted by atomic mass is 32.1. The van der Waals surface area contributed by atoms with E-state index in [0.29, 0.717) is 22.0 Å². The molecule has 3 heterocycles. The average molecular weight is 355 g/mol. The van der Waals surface area contributed by atoms with Gasteiger partial charge in [-0.15, -0.1) is 12.6 Å². The van der Waals surface area contributed by atoms with Crippen molar-refractivity contribution >= 4 is 39.6 Å². The number of nitrogens with zero attached hydrogens (tertiary/aromatic N) is 3. The first-order chi connectivity index (χ1) is 12.0. The smallest absolute Gasteiger partial charge is 0.263 e. The van der Waals surface area contributed by atoms with Crippen LogP contribution in [0.3, 0.4) is 0 Å². The average Bonchev–Trinajstić information content (AvgIpc) is 2.99. The zero-order valence-electron chi connectivity index (χ0n) is 12.6. The fraction of sp³-hybridized carbons (Fsp3) is 0.0588. The van der Waals surface area contributed by atoms with Crippen molar-refractivity contribution in [3.05, 3.63) is 70.5 Å². The van der Waals surface area contributed by atoms with Crippen molar-refractivity contribution in [2.75, 3.05) is 0 Å². The molecular weight excluding hydrogens is 345 g/mol. The van der Waals surface area contributed by atoms with Crippen molar-refractivity contribution in [3.8, 4) is 0 Å². The van der Waals surface area contributed by atoms with Gasteiger partial charge in [-0.05, 0) is 24.3 Å². The first-order valence-electron chi connectivity index (χ1n) is 7.27. The Balaban J connectivity index is 1.81. The molecule has 6 nitrogen and oxygen atoms in total. The minimum absolute atomic E-state index is 0.0396. The van der Waals surface area contributed by atoms with Crippen LogP contribution in [0.5, 0.6) is 0 Å². The van der Waals surface area contributed by atoms with Crippen molar-refractivity contribution in [2.45, 2.75) is 6.54 Å². The van der Waals surface area contributed by atoms with Gasteiger partial charge in [-0.3, -0.25) is 19.1 Å². The topological polar surface area (TPSA) is 78.0 Å². The fourth-order valence-electron chi connectivity index (χ4n) is 2.69. The van der Waals surface area contributed by atoms with Gasteiger partial charge in [0.25, 0.3) is 5.56 Å². The van der Waals surface area contributed by atoms with Gasteiger partial charge in [-0.25, -0.2) is 9.37 Å². The number of aromatic nitrogens is 3. The number of benzene rings is 1. The Kier molecular flexibility index (Phi) is 3.61. The van der Waals surface area contributed by atoms with Crippen LogP contribution in [0, 0.1) is 5.82 Å². The highest BCUT2D eigenvalue weighted by molar-refractivity contribution is 7.97. The molecule has 0 unspecified atom stereocenters. The molecule has 0 spiro atoms. The van der Waals surface area contributed by atoms with Gasteiger partial charge in [0.1, 0.15) is 17.2 Å². The Morgan fingerprint density at radius 2 is 2.16 bits per heavy atom. The molecule has 0 saturated heterocycles. The van der Waals surface area contributed by atoms with Crippen LogP contribution in [0.1, 0.15) is 16.1 Å². The molecule has 3 aromatic heterocycles. The lowest BCUT2D eigenvalue weighted by Gasteiger charge is -2.04. The summed E-state index contributed by atoms with van der Waals surface area (Å²) in [5.74, 6) is -0.170. The molecule has 0 aliphatic rings. The van der Waals surface area contributed by atoms with Gasteiger partial charge < -0.3 is 4.42 Å². The lowest BCUT2D eigenvalue weighted by atomic mass is 10.1. The SMILES string of the molecule is O=C(S)c1cc(F)cc2cc(Cn3cnc4ccncc4c3=O)oc12. The minimum atomic E-state index is -0.596. The maximum Gasteiger partial charge on any atom is 0.263 e. The van der Waals surface area contributed by atoms with Crippen LogP contribution in [-0.4, -0.2) is 19.7 Å². The molecule has 0 bridgehead atoms. The summed E-state index contributed by atoms with van der Waals surface area (Å²) in [5, 5.41) is 0.218. The van der Waals surface area contributed by atoms with Crippen molar-refractivity contribution in [2.24, 2.45) is 0 Å². The summed E-state index contributed by atoms with van der Waals surface area (Å²) in [4.78, 5) is 32.2. The van der Waals surface area contributed by atoms with Crippen molar-refractivity contribution in [1.29, 1.82) is 0 Å². The highest BCUT2D eigenvalue weighted by Crippen LogP contribution is 2.26. The molecule has 8 heteroatoms. The Morgan fingerprint density at radius 3 is 2.96 bits per heavy atom. The van der Waals surface area contributed by atoms with Crippen LogP contribution in [0.25, 0.3) is 21.9 Å². The van der Waals surface area contributed by atoms with E-state index >= 15 is 0 Å². The predicted octanol–water partition coefficient (Wildman–Crippen LogP) is 2.80. The molecule has 0 fully saturated rings. The number of hydrogen-bond acceptors (Lipinski definition) is 5. The summed E-state index contributed by atoms with van der Waals surface area (Å²) in [6.07, 6.45) is 4.42. The van der Waals surface area contributed by atoms with Crippen LogP contribution in [-0.2, 0) is 6.54 Å². The number of rotatable bonds is 3. The van der Waals surface area contributed by atoms with E-state index in [1.54, 1.807) is 18.3 Å². The first kappa shape index (κ1) is 15.5. The van der Waals surface area contributed by atoms with Crippen molar-refractivity contribution in [1.82, 2.24) is 14.5 Å². The zero-order chi connectivity index (χ0) is 17.6. The lowest BCUT2D eigenvalue weighted by Crippen LogP contribution is -2.21. The molecule has 0 atom stereocenters. The molecule has 0 N–H and O–H groups in total. The van der Waals surface area contributed by atoms with E-state index in [4.69, 9.17) is 4.42 Å². The van der Waals surface area contributed by atoms with Gasteiger partial charge in [0.15, 0.2) is 0 Å². The predicted molar refractivity (Wildman–Crippen MR) is 92.4 cm³/mol. The Morgan fingerprint density at radius 1 is 1.32 bits per heavy atom. The van der Waals surface area contributed by atoms with Gasteiger partial charge in [-0.2, -0.15) is 0 Å². The van der Waals surface area contributed by atoms with Crippen LogP contribution in [0.2, 0.25) is 0 Å². The van der Waals surface area contributed by atoms with Gasteiger partial charge in [0.05, 0.1) is 29.3 Å². The number of thiol groups is 1. The molecule has 124 valence electrons. The fourth-order valence-corrected chi connectivity index (χ4v) is 2.86. The second kappa shape index (κ2) is 5.82. The maximum atomic E-state index is 13.6. The summed E-state index contributed by atoms with van der Waals surface area (Å²) < 4.78 is 20.6. The number of hydrogen-bond donors (Lipinski definition) is 1. The summed E-state index contributed by atoms with van der Waals surface area (Å²) in [6.45, 7) is 0.0904. The second-order valence-corrected chi connectivity index (χ2v) is 5.87. The zero-order valence-corrected chi connectivity index (χ0v) is 13.5. The summed E-state index contributed by atoms with van der Waals surface area (Å²) in [6, 6.07) is 5.56. The Bertz CT molecular complexity index is 1200. The highest BCUT2D eigenvalue weighted by Gasteiger charge is 2.15. The Labute approximate surface area is 145 Å². The molecule has 0 aliphatic carbocycles. The normalized spacial score (nSPS) is 11.3. The van der Waals surface area contributed by atoms with E-state index in [2.05, 4.69) is 22.6 Å². The molecule has 0 saturated carbocycles. The van der Waals surface area contributed by atoms with E-state index < -0.39 is 10.9 Å². The Hall–Kier alpha value is -3.00. The molecule has 0 aliphatic heterocycles. The third-order valence-electron chi connectivity index (χ3n) is 3.81. The van der Waals surface area contributed by atoms with E-state index in [1.807, 2.05) is 0 Å². The summed E-state index contributed by atoms with van der Waals surface area (Å²) in [5.41, 5.74) is 0.554. The second-order valence-electron chi connectivity index (χ2n) is 5.46. The molecule has 1 aromatic carbocycles. The van der Waals surface area contributed by atoms with E-state index in [1.165, 1.54) is 23.2 Å². The molecule has 4 rings (SSSR count). The molecule has 0 radical (unpaired) electrons. The number of furan rings is 1. The van der Waals surface area contributed by atoms with Crippen LogP contribution >= 0.6 is 12.6 Å². The van der Waals surface area contributed by atoms with Gasteiger partial charge in [0, 0.05) is 17.8 Å². The molecule has 25 heavy (non-hydrogen) atoms. The summed E-state index contributed by atoms with van der Waals surface area (Å²) in [7, 11) is 0. The van der Waals surface area contributed by atoms with Gasteiger partial charge in [0.2, 0.25) is 5.12 Å². The molecular formula is C17H10FN3O3S. The molecule has 0 amide bonds. The van der Waals surface area contributed by atoms with E-state index in [-0.39, 0.29) is 23.3 Å². The molecule has 4 aromatic rings. The first-order valence-corrected chi connectivity index (χ1v) is 7.72. The minimum Gasteiger partial charge on any atom is -0.458 e. The van der Waals surface area contributed by atoms with Crippen LogP contribution in [0.15, 0.2) is 52.2 Å². The number of pyridine rings is 1. The number of carbonyl (C=O) groups excluding carboxylic acids is 1. The van der Waals surface area contributed by atoms with Gasteiger partial charge in [-0.1, -0.05) is 0 Å². The van der Waals surface area contributed by atoms with Crippen molar-refractivity contribution < 1.29 is 13.6 Å².